The number of nitrogens with one attached hydrogen (secondary N) is 2. The van der Waals surface area contributed by atoms with Crippen LogP contribution in [0, 0.1) is 0 Å². The molecule has 1 fully saturated rings. The van der Waals surface area contributed by atoms with Crippen molar-refractivity contribution in [2.24, 2.45) is 0 Å². The Morgan fingerprint density at radius 1 is 1.00 bits per heavy atom. The van der Waals surface area contributed by atoms with Crippen molar-refractivity contribution in [3.8, 4) is 0 Å². The summed E-state index contributed by atoms with van der Waals surface area (Å²) in [6.07, 6.45) is 0. The van der Waals surface area contributed by atoms with Gasteiger partial charge in [-0.3, -0.25) is 4.79 Å². The largest absolute Gasteiger partial charge is 0.377 e. The topological polar surface area (TPSA) is 70.7 Å². The SMILES string of the molecule is CC1COCCN1C(=O)c1ccc(NC(=O)Nc2ccccc2)cc1. The molecule has 0 saturated carbocycles. The zero-order valence-electron chi connectivity index (χ0n) is 14.1. The summed E-state index contributed by atoms with van der Waals surface area (Å²) in [7, 11) is 0. The van der Waals surface area contributed by atoms with Crippen LogP contribution in [-0.4, -0.2) is 42.6 Å². The second-order valence-electron chi connectivity index (χ2n) is 5.94. The summed E-state index contributed by atoms with van der Waals surface area (Å²) in [5.74, 6) is -0.0175. The molecule has 2 aromatic rings. The van der Waals surface area contributed by atoms with Gasteiger partial charge in [-0.15, -0.1) is 0 Å². The van der Waals surface area contributed by atoms with Crippen LogP contribution >= 0.6 is 0 Å². The molecule has 1 unspecified atom stereocenters. The number of amides is 3. The van der Waals surface area contributed by atoms with Crippen LogP contribution in [0.4, 0.5) is 16.2 Å². The first-order valence-corrected chi connectivity index (χ1v) is 8.25. The van der Waals surface area contributed by atoms with Gasteiger partial charge in [0, 0.05) is 23.5 Å². The van der Waals surface area contributed by atoms with Crippen LogP contribution in [-0.2, 0) is 4.74 Å². The summed E-state index contributed by atoms with van der Waals surface area (Å²) in [5.41, 5.74) is 1.94. The van der Waals surface area contributed by atoms with Gasteiger partial charge in [-0.05, 0) is 43.3 Å². The number of benzene rings is 2. The summed E-state index contributed by atoms with van der Waals surface area (Å²) in [4.78, 5) is 26.3. The monoisotopic (exact) mass is 339 g/mol. The molecule has 2 aromatic carbocycles. The number of rotatable bonds is 3. The molecule has 0 spiro atoms. The van der Waals surface area contributed by atoms with Crippen molar-refractivity contribution in [1.82, 2.24) is 4.90 Å². The zero-order valence-corrected chi connectivity index (χ0v) is 14.1. The van der Waals surface area contributed by atoms with Crippen LogP contribution in [0.2, 0.25) is 0 Å². The molecule has 0 aliphatic carbocycles. The van der Waals surface area contributed by atoms with Gasteiger partial charge in [0.25, 0.3) is 5.91 Å². The molecule has 1 aliphatic heterocycles. The molecule has 1 atom stereocenters. The predicted octanol–water partition coefficient (Wildman–Crippen LogP) is 3.19. The average molecular weight is 339 g/mol. The lowest BCUT2D eigenvalue weighted by atomic mass is 10.1. The molecule has 1 aliphatic rings. The second-order valence-corrected chi connectivity index (χ2v) is 5.94. The van der Waals surface area contributed by atoms with E-state index in [0.717, 1.165) is 0 Å². The van der Waals surface area contributed by atoms with Crippen LogP contribution in [0.1, 0.15) is 17.3 Å². The number of nitrogens with zero attached hydrogens (tertiary/aromatic N) is 1. The molecule has 3 rings (SSSR count). The lowest BCUT2D eigenvalue weighted by molar-refractivity contribution is 0.00359. The standard InChI is InChI=1S/C19H21N3O3/c1-14-13-25-12-11-22(14)18(23)15-7-9-17(10-8-15)21-19(24)20-16-5-3-2-4-6-16/h2-10,14H,11-13H2,1H3,(H2,20,21,24). The van der Waals surface area contributed by atoms with Gasteiger partial charge in [-0.25, -0.2) is 4.79 Å². The van der Waals surface area contributed by atoms with Gasteiger partial charge >= 0.3 is 6.03 Å². The third-order valence-corrected chi connectivity index (χ3v) is 4.05. The fourth-order valence-corrected chi connectivity index (χ4v) is 2.71. The Morgan fingerprint density at radius 2 is 1.64 bits per heavy atom. The Kier molecular flexibility index (Phi) is 5.30. The van der Waals surface area contributed by atoms with Crippen molar-refractivity contribution >= 4 is 23.3 Å². The van der Waals surface area contributed by atoms with E-state index in [0.29, 0.717) is 36.7 Å². The molecule has 0 aromatic heterocycles. The van der Waals surface area contributed by atoms with Gasteiger partial charge in [0.15, 0.2) is 0 Å². The van der Waals surface area contributed by atoms with Crippen LogP contribution in [0.25, 0.3) is 0 Å². The van der Waals surface area contributed by atoms with E-state index in [4.69, 9.17) is 4.74 Å². The summed E-state index contributed by atoms with van der Waals surface area (Å²) in [5, 5.41) is 5.50. The Bertz CT molecular complexity index is 731. The van der Waals surface area contributed by atoms with Gasteiger partial charge in [0.05, 0.1) is 19.3 Å². The first kappa shape index (κ1) is 17.0. The van der Waals surface area contributed by atoms with Gasteiger partial charge in [-0.1, -0.05) is 18.2 Å². The molecule has 25 heavy (non-hydrogen) atoms. The maximum atomic E-state index is 12.6. The third-order valence-electron chi connectivity index (χ3n) is 4.05. The number of ether oxygens (including phenoxy) is 1. The summed E-state index contributed by atoms with van der Waals surface area (Å²) in [6.45, 7) is 3.70. The maximum Gasteiger partial charge on any atom is 0.323 e. The van der Waals surface area contributed by atoms with E-state index < -0.39 is 0 Å². The smallest absolute Gasteiger partial charge is 0.323 e. The fraction of sp³-hybridized carbons (Fsp3) is 0.263. The third kappa shape index (κ3) is 4.36. The van der Waals surface area contributed by atoms with E-state index in [2.05, 4.69) is 10.6 Å². The number of morpholine rings is 1. The van der Waals surface area contributed by atoms with Crippen molar-refractivity contribution in [3.63, 3.8) is 0 Å². The van der Waals surface area contributed by atoms with E-state index in [-0.39, 0.29) is 18.0 Å². The lowest BCUT2D eigenvalue weighted by Crippen LogP contribution is -2.47. The van der Waals surface area contributed by atoms with Gasteiger partial charge in [0.2, 0.25) is 0 Å². The summed E-state index contributed by atoms with van der Waals surface area (Å²) < 4.78 is 5.36. The zero-order chi connectivity index (χ0) is 17.6. The Morgan fingerprint density at radius 3 is 2.28 bits per heavy atom. The van der Waals surface area contributed by atoms with Crippen molar-refractivity contribution < 1.29 is 14.3 Å². The summed E-state index contributed by atoms with van der Waals surface area (Å²) in [6, 6.07) is 15.8. The van der Waals surface area contributed by atoms with Crippen molar-refractivity contribution in [1.29, 1.82) is 0 Å². The van der Waals surface area contributed by atoms with Crippen LogP contribution in [0.5, 0.6) is 0 Å². The number of para-hydroxylation sites is 1. The van der Waals surface area contributed by atoms with E-state index in [1.54, 1.807) is 24.3 Å². The number of hydrogen-bond acceptors (Lipinski definition) is 3. The van der Waals surface area contributed by atoms with E-state index in [1.165, 1.54) is 0 Å². The summed E-state index contributed by atoms with van der Waals surface area (Å²) >= 11 is 0. The van der Waals surface area contributed by atoms with Gasteiger partial charge in [-0.2, -0.15) is 0 Å². The quantitative estimate of drug-likeness (QED) is 0.902. The highest BCUT2D eigenvalue weighted by molar-refractivity contribution is 6.00. The molecule has 6 nitrogen and oxygen atoms in total. The molecule has 1 saturated heterocycles. The number of carbonyl (C=O) groups excluding carboxylic acids is 2. The van der Waals surface area contributed by atoms with Gasteiger partial charge < -0.3 is 20.3 Å². The molecule has 0 radical (unpaired) electrons. The average Bonchev–Trinajstić information content (AvgIpc) is 2.63. The van der Waals surface area contributed by atoms with E-state index >= 15 is 0 Å². The predicted molar refractivity (Wildman–Crippen MR) is 96.8 cm³/mol. The minimum absolute atomic E-state index is 0.0175. The number of anilines is 2. The molecular formula is C19H21N3O3. The molecule has 2 N–H and O–H groups in total. The number of hydrogen-bond donors (Lipinski definition) is 2. The number of carbonyl (C=O) groups is 2. The Hall–Kier alpha value is -2.86. The highest BCUT2D eigenvalue weighted by Gasteiger charge is 2.24. The fourth-order valence-electron chi connectivity index (χ4n) is 2.71. The van der Waals surface area contributed by atoms with Crippen molar-refractivity contribution in [2.45, 2.75) is 13.0 Å². The van der Waals surface area contributed by atoms with Crippen molar-refractivity contribution in [2.75, 3.05) is 30.4 Å². The Balaban J connectivity index is 1.60. The minimum atomic E-state index is -0.327. The second kappa shape index (κ2) is 7.81. The van der Waals surface area contributed by atoms with Crippen LogP contribution in [0.3, 0.4) is 0 Å². The molecule has 3 amide bonds. The van der Waals surface area contributed by atoms with E-state index in [1.807, 2.05) is 42.2 Å². The molecular weight excluding hydrogens is 318 g/mol. The molecule has 6 heteroatoms. The van der Waals surface area contributed by atoms with Gasteiger partial charge in [0.1, 0.15) is 0 Å². The first-order valence-electron chi connectivity index (χ1n) is 8.25. The molecule has 0 bridgehead atoms. The van der Waals surface area contributed by atoms with Crippen LogP contribution in [0.15, 0.2) is 54.6 Å². The highest BCUT2D eigenvalue weighted by atomic mass is 16.5. The molecule has 130 valence electrons. The lowest BCUT2D eigenvalue weighted by Gasteiger charge is -2.33. The molecule has 1 heterocycles. The first-order chi connectivity index (χ1) is 12.1. The van der Waals surface area contributed by atoms with Crippen molar-refractivity contribution in [3.05, 3.63) is 60.2 Å². The Labute approximate surface area is 146 Å². The van der Waals surface area contributed by atoms with Crippen LogP contribution < -0.4 is 10.6 Å². The number of urea groups is 1. The normalized spacial score (nSPS) is 17.0. The minimum Gasteiger partial charge on any atom is -0.377 e. The van der Waals surface area contributed by atoms with E-state index in [9.17, 15) is 9.59 Å². The highest BCUT2D eigenvalue weighted by Crippen LogP contribution is 2.15. The maximum absolute atomic E-state index is 12.6.